The van der Waals surface area contributed by atoms with E-state index in [1.165, 1.54) is 6.92 Å². The van der Waals surface area contributed by atoms with Crippen molar-refractivity contribution in [3.05, 3.63) is 35.9 Å². The van der Waals surface area contributed by atoms with Crippen LogP contribution in [0.25, 0.3) is 0 Å². The van der Waals surface area contributed by atoms with Crippen molar-refractivity contribution in [1.29, 1.82) is 0 Å². The van der Waals surface area contributed by atoms with Crippen molar-refractivity contribution in [2.24, 2.45) is 5.92 Å². The first-order valence-electron chi connectivity index (χ1n) is 7.72. The lowest BCUT2D eigenvalue weighted by Gasteiger charge is -2.47. The second-order valence-corrected chi connectivity index (χ2v) is 6.60. The van der Waals surface area contributed by atoms with E-state index >= 15 is 0 Å². The number of hydrogen-bond acceptors (Lipinski definition) is 3. The lowest BCUT2D eigenvalue weighted by molar-refractivity contribution is -0.160. The molecule has 5 heteroatoms. The molecule has 118 valence electrons. The molecule has 2 bridgehead atoms. The Morgan fingerprint density at radius 3 is 2.73 bits per heavy atom. The third-order valence-electron chi connectivity index (χ3n) is 4.65. The van der Waals surface area contributed by atoms with Crippen LogP contribution in [0.15, 0.2) is 30.3 Å². The van der Waals surface area contributed by atoms with Crippen molar-refractivity contribution in [3.63, 3.8) is 0 Å². The fourth-order valence-electron chi connectivity index (χ4n) is 3.61. The number of carbonyl (C=O) groups excluding carboxylic acids is 2. The van der Waals surface area contributed by atoms with Gasteiger partial charge >= 0.3 is 5.97 Å². The monoisotopic (exact) mass is 321 g/mol. The van der Waals surface area contributed by atoms with Gasteiger partial charge in [-0.25, -0.2) is 0 Å². The van der Waals surface area contributed by atoms with Crippen molar-refractivity contribution in [3.8, 4) is 0 Å². The van der Waals surface area contributed by atoms with E-state index in [0.29, 0.717) is 6.54 Å². The molecule has 0 radical (unpaired) electrons. The van der Waals surface area contributed by atoms with E-state index in [0.717, 1.165) is 24.8 Å². The van der Waals surface area contributed by atoms with Gasteiger partial charge in [-0.2, -0.15) is 0 Å². The zero-order valence-electron chi connectivity index (χ0n) is 12.6. The van der Waals surface area contributed by atoms with Crippen LogP contribution in [0.2, 0.25) is 0 Å². The van der Waals surface area contributed by atoms with Gasteiger partial charge in [-0.15, -0.1) is 11.6 Å². The van der Waals surface area contributed by atoms with Gasteiger partial charge in [0.2, 0.25) is 5.91 Å². The number of alkyl halides is 1. The summed E-state index contributed by atoms with van der Waals surface area (Å²) in [6.45, 7) is 2.00. The van der Waals surface area contributed by atoms with Crippen LogP contribution in [0.1, 0.15) is 31.7 Å². The summed E-state index contributed by atoms with van der Waals surface area (Å²) >= 11 is 6.39. The van der Waals surface area contributed by atoms with Gasteiger partial charge < -0.3 is 9.64 Å². The van der Waals surface area contributed by atoms with Gasteiger partial charge in [-0.05, 0) is 24.8 Å². The number of piperidine rings is 1. The van der Waals surface area contributed by atoms with Crippen LogP contribution in [-0.4, -0.2) is 34.3 Å². The highest BCUT2D eigenvalue weighted by atomic mass is 35.5. The first-order valence-corrected chi connectivity index (χ1v) is 8.15. The maximum atomic E-state index is 12.6. The van der Waals surface area contributed by atoms with E-state index in [1.54, 1.807) is 0 Å². The van der Waals surface area contributed by atoms with Crippen LogP contribution in [0.3, 0.4) is 0 Å². The lowest BCUT2D eigenvalue weighted by atomic mass is 9.76. The maximum Gasteiger partial charge on any atom is 0.302 e. The number of fused-ring (bicyclic) bond motifs is 2. The number of amides is 1. The van der Waals surface area contributed by atoms with Crippen molar-refractivity contribution in [2.45, 2.75) is 50.3 Å². The number of esters is 1. The average molecular weight is 322 g/mol. The molecule has 0 unspecified atom stereocenters. The highest BCUT2D eigenvalue weighted by molar-refractivity contribution is 6.31. The minimum atomic E-state index is -0.607. The Morgan fingerprint density at radius 1 is 1.32 bits per heavy atom. The molecule has 4 nitrogen and oxygen atoms in total. The standard InChI is InChI=1S/C17H20ClNO3/c1-11(20)22-15-8-7-13-9-14(15)16(18)17(21)19(13)10-12-5-3-2-4-6-12/h2-6,13-16H,7-10H2,1H3/t13-,14-,15+,16+/m0/s1. The Bertz CT molecular complexity index is 562. The number of carbonyl (C=O) groups is 2. The largest absolute Gasteiger partial charge is 0.462 e. The summed E-state index contributed by atoms with van der Waals surface area (Å²) in [5.41, 5.74) is 1.11. The van der Waals surface area contributed by atoms with Gasteiger partial charge in [0.1, 0.15) is 11.5 Å². The Balaban J connectivity index is 1.75. The molecule has 4 atom stereocenters. The van der Waals surface area contributed by atoms with Crippen molar-refractivity contribution < 1.29 is 14.3 Å². The molecule has 0 aromatic heterocycles. The Kier molecular flexibility index (Phi) is 4.39. The molecule has 1 saturated heterocycles. The van der Waals surface area contributed by atoms with E-state index in [2.05, 4.69) is 0 Å². The molecule has 1 heterocycles. The van der Waals surface area contributed by atoms with E-state index in [4.69, 9.17) is 16.3 Å². The number of ether oxygens (including phenoxy) is 1. The Labute approximate surface area is 135 Å². The van der Waals surface area contributed by atoms with Crippen molar-refractivity contribution >= 4 is 23.5 Å². The molecule has 1 aromatic rings. The van der Waals surface area contributed by atoms with Crippen LogP contribution < -0.4 is 0 Å². The van der Waals surface area contributed by atoms with Gasteiger partial charge in [-0.1, -0.05) is 30.3 Å². The number of hydrogen-bond donors (Lipinski definition) is 0. The molecule has 1 aliphatic carbocycles. The SMILES string of the molecule is CC(=O)O[C@@H]1CC[C@H]2C[C@@H]1[C@@H](Cl)C(=O)N2Cc1ccccc1. The minimum Gasteiger partial charge on any atom is -0.462 e. The molecule has 1 aliphatic heterocycles. The van der Waals surface area contributed by atoms with E-state index in [-0.39, 0.29) is 29.9 Å². The third kappa shape index (κ3) is 2.98. The predicted molar refractivity (Wildman–Crippen MR) is 83.3 cm³/mol. The van der Waals surface area contributed by atoms with Crippen molar-refractivity contribution in [2.75, 3.05) is 0 Å². The summed E-state index contributed by atoms with van der Waals surface area (Å²) < 4.78 is 5.36. The quantitative estimate of drug-likeness (QED) is 0.635. The summed E-state index contributed by atoms with van der Waals surface area (Å²) in [7, 11) is 0. The van der Waals surface area contributed by atoms with Crippen LogP contribution in [-0.2, 0) is 20.9 Å². The Hall–Kier alpha value is -1.55. The van der Waals surface area contributed by atoms with Gasteiger partial charge in [-0.3, -0.25) is 9.59 Å². The summed E-state index contributed by atoms with van der Waals surface area (Å²) in [6, 6.07) is 10.1. The molecule has 1 amide bonds. The van der Waals surface area contributed by atoms with E-state index in [1.807, 2.05) is 35.2 Å². The van der Waals surface area contributed by atoms with Crippen LogP contribution in [0, 0.1) is 5.92 Å². The zero-order chi connectivity index (χ0) is 15.7. The average Bonchev–Trinajstić information content (AvgIpc) is 2.51. The van der Waals surface area contributed by atoms with Gasteiger partial charge in [0.05, 0.1) is 0 Å². The normalized spacial score (nSPS) is 31.0. The zero-order valence-corrected chi connectivity index (χ0v) is 13.3. The highest BCUT2D eigenvalue weighted by Gasteiger charge is 2.48. The number of likely N-dealkylation sites (tertiary alicyclic amines) is 1. The summed E-state index contributed by atoms with van der Waals surface area (Å²) in [4.78, 5) is 25.7. The first-order chi connectivity index (χ1) is 10.6. The number of rotatable bonds is 3. The molecule has 0 N–H and O–H groups in total. The molecule has 0 spiro atoms. The number of halogens is 1. The molecule has 22 heavy (non-hydrogen) atoms. The third-order valence-corrected chi connectivity index (χ3v) is 5.17. The van der Waals surface area contributed by atoms with E-state index in [9.17, 15) is 9.59 Å². The van der Waals surface area contributed by atoms with Gasteiger partial charge in [0, 0.05) is 25.4 Å². The fraction of sp³-hybridized carbons (Fsp3) is 0.529. The summed E-state index contributed by atoms with van der Waals surface area (Å²) in [5.74, 6) is -0.404. The molecule has 1 aromatic carbocycles. The molecule has 3 rings (SSSR count). The smallest absolute Gasteiger partial charge is 0.302 e. The predicted octanol–water partition coefficient (Wildman–Crippen LogP) is 2.74. The van der Waals surface area contributed by atoms with Gasteiger partial charge in [0.25, 0.3) is 0 Å². The van der Waals surface area contributed by atoms with Crippen LogP contribution in [0.4, 0.5) is 0 Å². The lowest BCUT2D eigenvalue weighted by Crippen LogP contribution is -2.57. The molecule has 2 fully saturated rings. The fourth-order valence-corrected chi connectivity index (χ4v) is 4.00. The Morgan fingerprint density at radius 2 is 2.05 bits per heavy atom. The summed E-state index contributed by atoms with van der Waals surface area (Å²) in [5, 5.41) is -0.607. The maximum absolute atomic E-state index is 12.6. The van der Waals surface area contributed by atoms with Crippen LogP contribution in [0.5, 0.6) is 0 Å². The van der Waals surface area contributed by atoms with Gasteiger partial charge in [0.15, 0.2) is 0 Å². The molecule has 1 saturated carbocycles. The van der Waals surface area contributed by atoms with Crippen LogP contribution >= 0.6 is 11.6 Å². The minimum absolute atomic E-state index is 0.0383. The molecule has 2 aliphatic rings. The summed E-state index contributed by atoms with van der Waals surface area (Å²) in [6.07, 6.45) is 2.22. The first kappa shape index (κ1) is 15.3. The molecular formula is C17H20ClNO3. The highest BCUT2D eigenvalue weighted by Crippen LogP contribution is 2.40. The van der Waals surface area contributed by atoms with Crippen molar-refractivity contribution in [1.82, 2.24) is 4.90 Å². The number of benzene rings is 1. The molecular weight excluding hydrogens is 302 g/mol. The van der Waals surface area contributed by atoms with E-state index < -0.39 is 5.38 Å². The topological polar surface area (TPSA) is 46.6 Å². The number of nitrogens with zero attached hydrogens (tertiary/aromatic N) is 1. The second kappa shape index (κ2) is 6.29. The second-order valence-electron chi connectivity index (χ2n) is 6.13.